The Labute approximate surface area is 236 Å². The SMILES string of the molecule is N=C(N=C(N=Cc1ccccc1)c1ccccc1)c1ccc2c(ccc3oc(-c4ccc5ccccc5c4)nc32)c1. The largest absolute Gasteiger partial charge is 0.436 e. The number of hydrogen-bond donors (Lipinski definition) is 1. The first-order valence-corrected chi connectivity index (χ1v) is 13.4. The molecule has 0 unspecified atom stereocenters. The highest BCUT2D eigenvalue weighted by Crippen LogP contribution is 2.31. The van der Waals surface area contributed by atoms with Crippen LogP contribution in [0.2, 0.25) is 0 Å². The molecule has 0 bridgehead atoms. The lowest BCUT2D eigenvalue weighted by atomic mass is 10.1. The van der Waals surface area contributed by atoms with Crippen molar-refractivity contribution in [1.82, 2.24) is 4.98 Å². The van der Waals surface area contributed by atoms with Gasteiger partial charge in [-0.25, -0.2) is 15.0 Å². The Morgan fingerprint density at radius 1 is 0.659 bits per heavy atom. The molecule has 0 atom stereocenters. The Bertz CT molecular complexity index is 2110. The maximum atomic E-state index is 8.82. The van der Waals surface area contributed by atoms with E-state index in [1.165, 1.54) is 5.39 Å². The van der Waals surface area contributed by atoms with Crippen molar-refractivity contribution in [2.45, 2.75) is 0 Å². The molecule has 194 valence electrons. The summed E-state index contributed by atoms with van der Waals surface area (Å²) in [6.07, 6.45) is 1.77. The molecule has 0 aliphatic heterocycles. The molecule has 0 aliphatic carbocycles. The number of nitrogens with one attached hydrogen (secondary N) is 1. The van der Waals surface area contributed by atoms with Gasteiger partial charge in [0.2, 0.25) is 5.89 Å². The molecule has 6 aromatic carbocycles. The van der Waals surface area contributed by atoms with Crippen molar-refractivity contribution in [2.75, 3.05) is 0 Å². The van der Waals surface area contributed by atoms with E-state index < -0.39 is 0 Å². The van der Waals surface area contributed by atoms with Crippen LogP contribution in [0.1, 0.15) is 16.7 Å². The Morgan fingerprint density at radius 2 is 1.39 bits per heavy atom. The Hall–Kier alpha value is -5.68. The summed E-state index contributed by atoms with van der Waals surface area (Å²) in [4.78, 5) is 14.1. The smallest absolute Gasteiger partial charge is 0.227 e. The highest BCUT2D eigenvalue weighted by Gasteiger charge is 2.13. The lowest BCUT2D eigenvalue weighted by Gasteiger charge is -2.05. The van der Waals surface area contributed by atoms with Crippen LogP contribution in [0.5, 0.6) is 0 Å². The van der Waals surface area contributed by atoms with Crippen molar-refractivity contribution in [2.24, 2.45) is 9.98 Å². The van der Waals surface area contributed by atoms with E-state index >= 15 is 0 Å². The van der Waals surface area contributed by atoms with Crippen molar-refractivity contribution in [3.8, 4) is 11.5 Å². The van der Waals surface area contributed by atoms with E-state index in [-0.39, 0.29) is 5.84 Å². The number of aromatic nitrogens is 1. The molecule has 7 aromatic rings. The zero-order valence-corrected chi connectivity index (χ0v) is 22.0. The van der Waals surface area contributed by atoms with Gasteiger partial charge in [0.15, 0.2) is 17.3 Å². The molecule has 0 fully saturated rings. The number of rotatable bonds is 4. The number of amidine groups is 2. The van der Waals surface area contributed by atoms with E-state index in [2.05, 4.69) is 34.3 Å². The van der Waals surface area contributed by atoms with Crippen molar-refractivity contribution >= 4 is 50.5 Å². The summed E-state index contributed by atoms with van der Waals surface area (Å²) in [5.74, 6) is 1.20. The van der Waals surface area contributed by atoms with Gasteiger partial charge in [0.05, 0.1) is 0 Å². The standard InChI is InChI=1S/C36H24N4O/c37-34(40-35(26-12-5-2-6-13-26)38-23-24-9-3-1-4-10-24)29-17-19-31-28(22-29)18-20-32-33(31)39-36(41-32)30-16-15-25-11-7-8-14-27(25)21-30/h1-23,37H. The van der Waals surface area contributed by atoms with Gasteiger partial charge in [-0.3, -0.25) is 5.41 Å². The zero-order chi connectivity index (χ0) is 27.6. The molecular weight excluding hydrogens is 504 g/mol. The highest BCUT2D eigenvalue weighted by molar-refractivity contribution is 6.14. The van der Waals surface area contributed by atoms with E-state index in [1.807, 2.05) is 109 Å². The third-order valence-electron chi connectivity index (χ3n) is 7.03. The number of hydrogen-bond acceptors (Lipinski definition) is 3. The quantitative estimate of drug-likeness (QED) is 0.183. The fraction of sp³-hybridized carbons (Fsp3) is 0. The Morgan fingerprint density at radius 3 is 2.22 bits per heavy atom. The minimum atomic E-state index is 0.132. The minimum absolute atomic E-state index is 0.132. The maximum Gasteiger partial charge on any atom is 0.227 e. The van der Waals surface area contributed by atoms with Gasteiger partial charge in [0, 0.05) is 28.3 Å². The van der Waals surface area contributed by atoms with Crippen LogP contribution in [-0.4, -0.2) is 22.9 Å². The third kappa shape index (κ3) is 4.92. The van der Waals surface area contributed by atoms with E-state index in [4.69, 9.17) is 14.8 Å². The Kier molecular flexibility index (Phi) is 6.22. The van der Waals surface area contributed by atoms with Gasteiger partial charge < -0.3 is 4.42 Å². The second-order valence-electron chi connectivity index (χ2n) is 9.75. The predicted molar refractivity (Wildman–Crippen MR) is 168 cm³/mol. The van der Waals surface area contributed by atoms with Crippen LogP contribution in [-0.2, 0) is 0 Å². The van der Waals surface area contributed by atoms with Crippen LogP contribution in [0.4, 0.5) is 0 Å². The summed E-state index contributed by atoms with van der Waals surface area (Å²) in [6, 6.07) is 43.9. The van der Waals surface area contributed by atoms with Gasteiger partial charge in [0.1, 0.15) is 5.52 Å². The van der Waals surface area contributed by atoms with Crippen LogP contribution in [0, 0.1) is 5.41 Å². The van der Waals surface area contributed by atoms with Gasteiger partial charge in [-0.2, -0.15) is 0 Å². The second kappa shape index (κ2) is 10.5. The molecule has 0 radical (unpaired) electrons. The van der Waals surface area contributed by atoms with E-state index in [0.717, 1.165) is 43.9 Å². The number of nitrogens with zero attached hydrogens (tertiary/aromatic N) is 3. The monoisotopic (exact) mass is 528 g/mol. The minimum Gasteiger partial charge on any atom is -0.436 e. The second-order valence-corrected chi connectivity index (χ2v) is 9.75. The van der Waals surface area contributed by atoms with Crippen molar-refractivity contribution in [1.29, 1.82) is 5.41 Å². The number of aliphatic imine (C=N–C) groups is 2. The summed E-state index contributed by atoms with van der Waals surface area (Å²) in [5, 5.41) is 13.1. The molecule has 0 amide bonds. The van der Waals surface area contributed by atoms with Crippen LogP contribution in [0.3, 0.4) is 0 Å². The first-order valence-electron chi connectivity index (χ1n) is 13.4. The molecule has 0 saturated carbocycles. The van der Waals surface area contributed by atoms with Crippen molar-refractivity contribution in [3.05, 3.63) is 150 Å². The van der Waals surface area contributed by atoms with Crippen LogP contribution in [0.25, 0.3) is 44.1 Å². The number of benzene rings is 6. The molecule has 5 heteroatoms. The molecule has 1 aromatic heterocycles. The first-order chi connectivity index (χ1) is 20.2. The van der Waals surface area contributed by atoms with Gasteiger partial charge in [-0.15, -0.1) is 0 Å². The van der Waals surface area contributed by atoms with Crippen LogP contribution in [0.15, 0.2) is 148 Å². The molecular formula is C36H24N4O. The van der Waals surface area contributed by atoms with Crippen molar-refractivity contribution in [3.63, 3.8) is 0 Å². The van der Waals surface area contributed by atoms with E-state index in [0.29, 0.717) is 17.3 Å². The number of fused-ring (bicyclic) bond motifs is 4. The first kappa shape index (κ1) is 24.4. The highest BCUT2D eigenvalue weighted by atomic mass is 16.3. The number of oxazole rings is 1. The fourth-order valence-electron chi connectivity index (χ4n) is 4.91. The van der Waals surface area contributed by atoms with Gasteiger partial charge in [-0.05, 0) is 46.0 Å². The van der Waals surface area contributed by atoms with Crippen LogP contribution >= 0.6 is 0 Å². The molecule has 1 N–H and O–H groups in total. The fourth-order valence-corrected chi connectivity index (χ4v) is 4.91. The van der Waals surface area contributed by atoms with E-state index in [1.54, 1.807) is 6.21 Å². The predicted octanol–water partition coefficient (Wildman–Crippen LogP) is 8.69. The topological polar surface area (TPSA) is 74.6 Å². The molecule has 5 nitrogen and oxygen atoms in total. The molecule has 0 spiro atoms. The molecule has 7 rings (SSSR count). The maximum absolute atomic E-state index is 8.82. The normalized spacial score (nSPS) is 12.0. The lowest BCUT2D eigenvalue weighted by molar-refractivity contribution is 0.620. The third-order valence-corrected chi connectivity index (χ3v) is 7.03. The molecule has 41 heavy (non-hydrogen) atoms. The van der Waals surface area contributed by atoms with Gasteiger partial charge in [-0.1, -0.05) is 109 Å². The summed E-state index contributed by atoms with van der Waals surface area (Å²) < 4.78 is 6.16. The zero-order valence-electron chi connectivity index (χ0n) is 22.0. The summed E-state index contributed by atoms with van der Waals surface area (Å²) in [7, 11) is 0. The van der Waals surface area contributed by atoms with Crippen LogP contribution < -0.4 is 0 Å². The molecule has 1 heterocycles. The summed E-state index contributed by atoms with van der Waals surface area (Å²) in [6.45, 7) is 0. The summed E-state index contributed by atoms with van der Waals surface area (Å²) in [5.41, 5.74) is 4.96. The van der Waals surface area contributed by atoms with E-state index in [9.17, 15) is 0 Å². The average molecular weight is 529 g/mol. The van der Waals surface area contributed by atoms with Crippen molar-refractivity contribution < 1.29 is 4.42 Å². The lowest BCUT2D eigenvalue weighted by Crippen LogP contribution is -2.04. The summed E-state index contributed by atoms with van der Waals surface area (Å²) >= 11 is 0. The Balaban J connectivity index is 1.24. The average Bonchev–Trinajstić information content (AvgIpc) is 3.48. The molecule has 0 aliphatic rings. The van der Waals surface area contributed by atoms with Gasteiger partial charge >= 0.3 is 0 Å². The molecule has 0 saturated heterocycles. The van der Waals surface area contributed by atoms with Gasteiger partial charge in [0.25, 0.3) is 0 Å².